The largest absolute Gasteiger partial charge is 0.399 e. The molecular weight excluding hydrogens is 318 g/mol. The third kappa shape index (κ3) is 2.40. The molecular formula is C15H12BrN3O. The predicted molar refractivity (Wildman–Crippen MR) is 85.2 cm³/mol. The Labute approximate surface area is 124 Å². The fourth-order valence-corrected chi connectivity index (χ4v) is 2.31. The van der Waals surface area contributed by atoms with Crippen LogP contribution in [0.2, 0.25) is 0 Å². The number of hydrogen-bond acceptors (Lipinski definition) is 3. The third-order valence-corrected chi connectivity index (χ3v) is 3.58. The molecule has 0 saturated heterocycles. The molecule has 4 nitrogen and oxygen atoms in total. The zero-order chi connectivity index (χ0) is 14.1. The minimum Gasteiger partial charge on any atom is -0.399 e. The molecule has 0 bridgehead atoms. The first-order chi connectivity index (χ1) is 9.63. The zero-order valence-corrected chi connectivity index (χ0v) is 12.1. The number of carbonyl (C=O) groups is 1. The SMILES string of the molecule is Nc1ccc2c(c1)C(=CNc1ccc(Br)cc1)C(=O)N2. The number of hydrogen-bond donors (Lipinski definition) is 3. The Morgan fingerprint density at radius 3 is 2.65 bits per heavy atom. The van der Waals surface area contributed by atoms with Crippen LogP contribution in [0.5, 0.6) is 0 Å². The summed E-state index contributed by atoms with van der Waals surface area (Å²) in [5.74, 6) is -0.129. The number of nitrogens with two attached hydrogens (primary N) is 1. The van der Waals surface area contributed by atoms with Crippen molar-refractivity contribution in [2.45, 2.75) is 0 Å². The van der Waals surface area contributed by atoms with Gasteiger partial charge in [-0.15, -0.1) is 0 Å². The van der Waals surface area contributed by atoms with Gasteiger partial charge in [0.2, 0.25) is 0 Å². The molecule has 5 heteroatoms. The van der Waals surface area contributed by atoms with Crippen molar-refractivity contribution in [3.05, 3.63) is 58.7 Å². The van der Waals surface area contributed by atoms with Crippen LogP contribution in [0.15, 0.2) is 53.1 Å². The first-order valence-electron chi connectivity index (χ1n) is 6.07. The maximum absolute atomic E-state index is 12.0. The number of halogens is 1. The highest BCUT2D eigenvalue weighted by atomic mass is 79.9. The highest BCUT2D eigenvalue weighted by molar-refractivity contribution is 9.10. The lowest BCUT2D eigenvalue weighted by molar-refractivity contribution is -0.110. The Morgan fingerprint density at radius 1 is 1.15 bits per heavy atom. The molecule has 0 aromatic heterocycles. The summed E-state index contributed by atoms with van der Waals surface area (Å²) in [7, 11) is 0. The van der Waals surface area contributed by atoms with Gasteiger partial charge in [-0.25, -0.2) is 0 Å². The highest BCUT2D eigenvalue weighted by Crippen LogP contribution is 2.33. The standard InChI is InChI=1S/C15H12BrN3O/c16-9-1-4-11(5-2-9)18-8-13-12-7-10(17)3-6-14(12)19-15(13)20/h1-8,18H,17H2,(H,19,20). The number of anilines is 3. The summed E-state index contributed by atoms with van der Waals surface area (Å²) in [6.45, 7) is 0. The van der Waals surface area contributed by atoms with E-state index < -0.39 is 0 Å². The molecule has 100 valence electrons. The van der Waals surface area contributed by atoms with Crippen molar-refractivity contribution >= 4 is 44.5 Å². The number of amides is 1. The summed E-state index contributed by atoms with van der Waals surface area (Å²) in [4.78, 5) is 12.0. The van der Waals surface area contributed by atoms with Crippen molar-refractivity contribution in [3.63, 3.8) is 0 Å². The van der Waals surface area contributed by atoms with Crippen molar-refractivity contribution in [2.75, 3.05) is 16.4 Å². The maximum atomic E-state index is 12.0. The van der Waals surface area contributed by atoms with Gasteiger partial charge in [0.25, 0.3) is 5.91 Å². The topological polar surface area (TPSA) is 67.1 Å². The summed E-state index contributed by atoms with van der Waals surface area (Å²) in [6, 6.07) is 13.1. The quantitative estimate of drug-likeness (QED) is 0.584. The van der Waals surface area contributed by atoms with Crippen LogP contribution in [0.1, 0.15) is 5.56 Å². The molecule has 1 aliphatic heterocycles. The van der Waals surface area contributed by atoms with Gasteiger partial charge in [-0.3, -0.25) is 4.79 Å². The Kier molecular flexibility index (Phi) is 3.20. The molecule has 0 fully saturated rings. The summed E-state index contributed by atoms with van der Waals surface area (Å²) < 4.78 is 1.01. The van der Waals surface area contributed by atoms with E-state index in [2.05, 4.69) is 26.6 Å². The highest BCUT2D eigenvalue weighted by Gasteiger charge is 2.23. The van der Waals surface area contributed by atoms with E-state index in [1.54, 1.807) is 18.3 Å². The third-order valence-electron chi connectivity index (χ3n) is 3.05. The van der Waals surface area contributed by atoms with Gasteiger partial charge in [-0.1, -0.05) is 15.9 Å². The second kappa shape index (κ2) is 5.02. The Hall–Kier alpha value is -2.27. The number of rotatable bonds is 2. The average Bonchev–Trinajstić information content (AvgIpc) is 2.73. The van der Waals surface area contributed by atoms with Crippen LogP contribution >= 0.6 is 15.9 Å². The van der Waals surface area contributed by atoms with E-state index in [1.807, 2.05) is 30.3 Å². The van der Waals surface area contributed by atoms with Gasteiger partial charge in [0.05, 0.1) is 5.57 Å². The lowest BCUT2D eigenvalue weighted by atomic mass is 10.1. The molecule has 0 aliphatic carbocycles. The van der Waals surface area contributed by atoms with Crippen LogP contribution in [-0.4, -0.2) is 5.91 Å². The van der Waals surface area contributed by atoms with Crippen molar-refractivity contribution in [1.29, 1.82) is 0 Å². The molecule has 0 unspecified atom stereocenters. The molecule has 1 amide bonds. The second-order valence-corrected chi connectivity index (χ2v) is 5.38. The molecule has 0 radical (unpaired) electrons. The minimum atomic E-state index is -0.129. The fourth-order valence-electron chi connectivity index (χ4n) is 2.05. The smallest absolute Gasteiger partial charge is 0.257 e. The van der Waals surface area contributed by atoms with Gasteiger partial charge in [-0.2, -0.15) is 0 Å². The predicted octanol–water partition coefficient (Wildman–Crippen LogP) is 3.44. The Bertz CT molecular complexity index is 708. The molecule has 2 aromatic carbocycles. The van der Waals surface area contributed by atoms with Crippen LogP contribution in [-0.2, 0) is 4.79 Å². The van der Waals surface area contributed by atoms with Crippen LogP contribution in [0.4, 0.5) is 17.1 Å². The first-order valence-corrected chi connectivity index (χ1v) is 6.86. The molecule has 4 N–H and O–H groups in total. The number of nitrogens with one attached hydrogen (secondary N) is 2. The van der Waals surface area contributed by atoms with E-state index in [9.17, 15) is 4.79 Å². The van der Waals surface area contributed by atoms with Gasteiger partial charge >= 0.3 is 0 Å². The van der Waals surface area contributed by atoms with Crippen LogP contribution in [0.3, 0.4) is 0 Å². The van der Waals surface area contributed by atoms with Gasteiger partial charge in [0.15, 0.2) is 0 Å². The van der Waals surface area contributed by atoms with E-state index in [0.717, 1.165) is 21.4 Å². The molecule has 0 saturated carbocycles. The monoisotopic (exact) mass is 329 g/mol. The summed E-state index contributed by atoms with van der Waals surface area (Å²) in [5, 5.41) is 5.93. The molecule has 1 aliphatic rings. The average molecular weight is 330 g/mol. The summed E-state index contributed by atoms with van der Waals surface area (Å²) in [5.41, 5.74) is 9.50. The Morgan fingerprint density at radius 2 is 1.90 bits per heavy atom. The number of benzene rings is 2. The van der Waals surface area contributed by atoms with E-state index >= 15 is 0 Å². The van der Waals surface area contributed by atoms with Gasteiger partial charge in [0.1, 0.15) is 0 Å². The molecule has 3 rings (SSSR count). The number of nitrogen functional groups attached to an aromatic ring is 1. The molecule has 2 aromatic rings. The lowest BCUT2D eigenvalue weighted by Gasteiger charge is -2.03. The van der Waals surface area contributed by atoms with Gasteiger partial charge < -0.3 is 16.4 Å². The summed E-state index contributed by atoms with van der Waals surface area (Å²) in [6.07, 6.45) is 1.70. The Balaban J connectivity index is 1.90. The van der Waals surface area contributed by atoms with E-state index in [1.165, 1.54) is 0 Å². The van der Waals surface area contributed by atoms with Crippen molar-refractivity contribution in [1.82, 2.24) is 0 Å². The molecule has 20 heavy (non-hydrogen) atoms. The summed E-state index contributed by atoms with van der Waals surface area (Å²) >= 11 is 3.38. The number of fused-ring (bicyclic) bond motifs is 1. The van der Waals surface area contributed by atoms with E-state index in [4.69, 9.17) is 5.73 Å². The van der Waals surface area contributed by atoms with E-state index in [-0.39, 0.29) is 5.91 Å². The van der Waals surface area contributed by atoms with Crippen LogP contribution in [0.25, 0.3) is 5.57 Å². The van der Waals surface area contributed by atoms with Crippen molar-refractivity contribution in [3.8, 4) is 0 Å². The number of carbonyl (C=O) groups excluding carboxylic acids is 1. The van der Waals surface area contributed by atoms with Crippen LogP contribution < -0.4 is 16.4 Å². The normalized spacial score (nSPS) is 15.1. The maximum Gasteiger partial charge on any atom is 0.257 e. The fraction of sp³-hybridized carbons (Fsp3) is 0. The lowest BCUT2D eigenvalue weighted by Crippen LogP contribution is -2.05. The minimum absolute atomic E-state index is 0.129. The zero-order valence-electron chi connectivity index (χ0n) is 10.5. The second-order valence-electron chi connectivity index (χ2n) is 4.47. The van der Waals surface area contributed by atoms with Gasteiger partial charge in [0, 0.05) is 33.3 Å². The first kappa shape index (κ1) is 12.7. The van der Waals surface area contributed by atoms with Crippen LogP contribution in [0, 0.1) is 0 Å². The van der Waals surface area contributed by atoms with Crippen molar-refractivity contribution < 1.29 is 4.79 Å². The molecule has 1 heterocycles. The molecule has 0 spiro atoms. The molecule has 0 atom stereocenters. The van der Waals surface area contributed by atoms with Crippen molar-refractivity contribution in [2.24, 2.45) is 0 Å². The van der Waals surface area contributed by atoms with E-state index in [0.29, 0.717) is 11.3 Å². The van der Waals surface area contributed by atoms with Gasteiger partial charge in [-0.05, 0) is 42.5 Å².